The molecule has 1 heterocycles. The number of aromatic nitrogens is 2. The molecule has 1 atom stereocenters. The lowest BCUT2D eigenvalue weighted by atomic mass is 10.0. The summed E-state index contributed by atoms with van der Waals surface area (Å²) in [7, 11) is 4.14. The molecule has 17 heavy (non-hydrogen) atoms. The number of nitrogens with one attached hydrogen (secondary N) is 1. The van der Waals surface area contributed by atoms with Crippen LogP contribution in [0.3, 0.4) is 0 Å². The SMILES string of the molecule is Cc1c(N)ncnc1NC(CN(C)C)C(C)C. The van der Waals surface area contributed by atoms with E-state index >= 15 is 0 Å². The van der Waals surface area contributed by atoms with Crippen molar-refractivity contribution in [3.8, 4) is 0 Å². The van der Waals surface area contributed by atoms with Gasteiger partial charge in [-0.3, -0.25) is 0 Å². The maximum absolute atomic E-state index is 5.77. The highest BCUT2D eigenvalue weighted by molar-refractivity contribution is 5.54. The van der Waals surface area contributed by atoms with Crippen molar-refractivity contribution >= 4 is 11.6 Å². The van der Waals surface area contributed by atoms with E-state index in [2.05, 4.69) is 48.1 Å². The van der Waals surface area contributed by atoms with Gasteiger partial charge in [0.2, 0.25) is 0 Å². The first-order valence-corrected chi connectivity index (χ1v) is 5.90. The van der Waals surface area contributed by atoms with Crippen LogP contribution in [-0.4, -0.2) is 41.5 Å². The summed E-state index contributed by atoms with van der Waals surface area (Å²) in [6, 6.07) is 0.345. The standard InChI is InChI=1S/C12H23N5/c1-8(2)10(6-17(4)5)16-12-9(3)11(13)14-7-15-12/h7-8,10H,6H2,1-5H3,(H3,13,14,15,16). The van der Waals surface area contributed by atoms with Crippen molar-refractivity contribution in [3.05, 3.63) is 11.9 Å². The molecule has 0 spiro atoms. The molecule has 0 aromatic carbocycles. The largest absolute Gasteiger partial charge is 0.383 e. The Bertz CT molecular complexity index is 362. The third kappa shape index (κ3) is 3.85. The van der Waals surface area contributed by atoms with Gasteiger partial charge in [-0.25, -0.2) is 9.97 Å². The molecule has 5 heteroatoms. The van der Waals surface area contributed by atoms with Gasteiger partial charge >= 0.3 is 0 Å². The molecular weight excluding hydrogens is 214 g/mol. The fourth-order valence-electron chi connectivity index (χ4n) is 1.60. The van der Waals surface area contributed by atoms with Crippen molar-refractivity contribution in [3.63, 3.8) is 0 Å². The van der Waals surface area contributed by atoms with Gasteiger partial charge in [0.25, 0.3) is 0 Å². The molecule has 0 radical (unpaired) electrons. The van der Waals surface area contributed by atoms with Crippen LogP contribution < -0.4 is 11.1 Å². The number of hydrogen-bond donors (Lipinski definition) is 2. The molecule has 0 aliphatic rings. The van der Waals surface area contributed by atoms with Crippen LogP contribution in [0.4, 0.5) is 11.6 Å². The van der Waals surface area contributed by atoms with Crippen molar-refractivity contribution in [2.45, 2.75) is 26.8 Å². The second-order valence-electron chi connectivity index (χ2n) is 4.99. The Balaban J connectivity index is 2.82. The van der Waals surface area contributed by atoms with Gasteiger partial charge in [0, 0.05) is 18.2 Å². The number of likely N-dealkylation sites (N-methyl/N-ethyl adjacent to an activating group) is 1. The van der Waals surface area contributed by atoms with Crippen molar-refractivity contribution in [2.75, 3.05) is 31.7 Å². The topological polar surface area (TPSA) is 67.1 Å². The van der Waals surface area contributed by atoms with E-state index in [0.29, 0.717) is 17.8 Å². The molecule has 0 aliphatic heterocycles. The zero-order valence-corrected chi connectivity index (χ0v) is 11.4. The minimum Gasteiger partial charge on any atom is -0.383 e. The van der Waals surface area contributed by atoms with Gasteiger partial charge in [0.05, 0.1) is 0 Å². The van der Waals surface area contributed by atoms with E-state index in [1.165, 1.54) is 6.33 Å². The fourth-order valence-corrected chi connectivity index (χ4v) is 1.60. The molecule has 1 aromatic heterocycles. The zero-order chi connectivity index (χ0) is 13.0. The lowest BCUT2D eigenvalue weighted by Gasteiger charge is -2.26. The third-order valence-corrected chi connectivity index (χ3v) is 2.81. The second kappa shape index (κ2) is 5.82. The molecule has 96 valence electrons. The van der Waals surface area contributed by atoms with Crippen LogP contribution in [0.15, 0.2) is 6.33 Å². The molecule has 0 fully saturated rings. The van der Waals surface area contributed by atoms with Gasteiger partial charge in [-0.2, -0.15) is 0 Å². The van der Waals surface area contributed by atoms with Crippen LogP contribution in [0.2, 0.25) is 0 Å². The van der Waals surface area contributed by atoms with Crippen LogP contribution in [-0.2, 0) is 0 Å². The first-order chi connectivity index (χ1) is 7.91. The summed E-state index contributed by atoms with van der Waals surface area (Å²) >= 11 is 0. The number of nitrogens with zero attached hydrogens (tertiary/aromatic N) is 3. The van der Waals surface area contributed by atoms with Crippen molar-refractivity contribution < 1.29 is 0 Å². The van der Waals surface area contributed by atoms with Crippen molar-refractivity contribution in [1.82, 2.24) is 14.9 Å². The molecule has 1 unspecified atom stereocenters. The highest BCUT2D eigenvalue weighted by atomic mass is 15.1. The molecule has 0 saturated carbocycles. The Morgan fingerprint density at radius 2 is 2.00 bits per heavy atom. The Kier molecular flexibility index (Phi) is 4.69. The van der Waals surface area contributed by atoms with Gasteiger partial charge in [-0.1, -0.05) is 13.8 Å². The van der Waals surface area contributed by atoms with E-state index in [9.17, 15) is 0 Å². The number of rotatable bonds is 5. The molecule has 0 aliphatic carbocycles. The monoisotopic (exact) mass is 237 g/mol. The molecule has 1 rings (SSSR count). The predicted molar refractivity (Wildman–Crippen MR) is 72.0 cm³/mol. The summed E-state index contributed by atoms with van der Waals surface area (Å²) in [5.74, 6) is 1.89. The highest BCUT2D eigenvalue weighted by Crippen LogP contribution is 2.18. The quantitative estimate of drug-likeness (QED) is 0.809. The van der Waals surface area contributed by atoms with E-state index in [-0.39, 0.29) is 0 Å². The first-order valence-electron chi connectivity index (χ1n) is 5.90. The predicted octanol–water partition coefficient (Wildman–Crippen LogP) is 1.37. The molecule has 3 N–H and O–H groups in total. The zero-order valence-electron chi connectivity index (χ0n) is 11.4. The summed E-state index contributed by atoms with van der Waals surface area (Å²) < 4.78 is 0. The maximum atomic E-state index is 5.77. The number of hydrogen-bond acceptors (Lipinski definition) is 5. The normalized spacial score (nSPS) is 13.1. The lowest BCUT2D eigenvalue weighted by Crippen LogP contribution is -2.37. The van der Waals surface area contributed by atoms with Crippen LogP contribution in [0.1, 0.15) is 19.4 Å². The number of nitrogen functional groups attached to an aromatic ring is 1. The van der Waals surface area contributed by atoms with E-state index in [1.54, 1.807) is 0 Å². The van der Waals surface area contributed by atoms with E-state index in [4.69, 9.17) is 5.73 Å². The Morgan fingerprint density at radius 1 is 1.35 bits per heavy atom. The average molecular weight is 237 g/mol. The molecule has 5 nitrogen and oxygen atoms in total. The molecular formula is C12H23N5. The van der Waals surface area contributed by atoms with Crippen LogP contribution in [0, 0.1) is 12.8 Å². The fraction of sp³-hybridized carbons (Fsp3) is 0.667. The summed E-state index contributed by atoms with van der Waals surface area (Å²) in [5, 5.41) is 3.45. The van der Waals surface area contributed by atoms with Gasteiger partial charge in [-0.05, 0) is 26.9 Å². The molecule has 0 amide bonds. The summed E-state index contributed by atoms with van der Waals surface area (Å²) in [6.45, 7) is 7.29. The highest BCUT2D eigenvalue weighted by Gasteiger charge is 2.16. The average Bonchev–Trinajstić information content (AvgIpc) is 2.22. The van der Waals surface area contributed by atoms with E-state index in [1.807, 2.05) is 6.92 Å². The lowest BCUT2D eigenvalue weighted by molar-refractivity contribution is 0.344. The van der Waals surface area contributed by atoms with E-state index in [0.717, 1.165) is 17.9 Å². The molecule has 1 aromatic rings. The molecule has 0 bridgehead atoms. The third-order valence-electron chi connectivity index (χ3n) is 2.81. The number of anilines is 2. The maximum Gasteiger partial charge on any atom is 0.134 e. The summed E-state index contributed by atoms with van der Waals surface area (Å²) in [6.07, 6.45) is 1.50. The van der Waals surface area contributed by atoms with Crippen LogP contribution in [0.5, 0.6) is 0 Å². The van der Waals surface area contributed by atoms with Gasteiger partial charge in [0.15, 0.2) is 0 Å². The minimum atomic E-state index is 0.345. The number of nitrogens with two attached hydrogens (primary N) is 1. The first kappa shape index (κ1) is 13.7. The Hall–Kier alpha value is -1.36. The summed E-state index contributed by atoms with van der Waals surface area (Å²) in [5.41, 5.74) is 6.69. The van der Waals surface area contributed by atoms with Gasteiger partial charge in [-0.15, -0.1) is 0 Å². The smallest absolute Gasteiger partial charge is 0.134 e. The van der Waals surface area contributed by atoms with Crippen LogP contribution >= 0.6 is 0 Å². The summed E-state index contributed by atoms with van der Waals surface area (Å²) in [4.78, 5) is 10.4. The Labute approximate surface area is 103 Å². The Morgan fingerprint density at radius 3 is 2.53 bits per heavy atom. The van der Waals surface area contributed by atoms with Crippen molar-refractivity contribution in [1.29, 1.82) is 0 Å². The van der Waals surface area contributed by atoms with Gasteiger partial charge in [0.1, 0.15) is 18.0 Å². The molecule has 0 saturated heterocycles. The van der Waals surface area contributed by atoms with Crippen LogP contribution in [0.25, 0.3) is 0 Å². The second-order valence-corrected chi connectivity index (χ2v) is 4.99. The minimum absolute atomic E-state index is 0.345. The van der Waals surface area contributed by atoms with Gasteiger partial charge < -0.3 is 16.0 Å². The van der Waals surface area contributed by atoms with E-state index < -0.39 is 0 Å². The van der Waals surface area contributed by atoms with Crippen molar-refractivity contribution in [2.24, 2.45) is 5.92 Å².